The van der Waals surface area contributed by atoms with E-state index in [2.05, 4.69) is 11.1 Å². The molecule has 3 aromatic rings. The lowest BCUT2D eigenvalue weighted by atomic mass is 10.0. The Morgan fingerprint density at radius 2 is 2.25 bits per heavy atom. The summed E-state index contributed by atoms with van der Waals surface area (Å²) in [5.41, 5.74) is 2.63. The summed E-state index contributed by atoms with van der Waals surface area (Å²) >= 11 is 7.49. The topological polar surface area (TPSA) is 56.6 Å². The number of nitrogens with zero attached hydrogens (tertiary/aromatic N) is 1. The standard InChI is InChI=1S/C15H9ClN2OS/c1-8-7-20-15(13(8)16)14(19)10-6-18-11-4-2-3-9(5-17)12(10)11/h2-4,6-7,18H,1H3. The average Bonchev–Trinajstić information content (AvgIpc) is 3.03. The maximum Gasteiger partial charge on any atom is 0.206 e. The Balaban J connectivity index is 2.23. The zero-order valence-electron chi connectivity index (χ0n) is 10.5. The van der Waals surface area contributed by atoms with Gasteiger partial charge in [-0.15, -0.1) is 11.3 Å². The molecule has 0 aliphatic heterocycles. The molecule has 0 bridgehead atoms. The van der Waals surface area contributed by atoms with Gasteiger partial charge in [0.05, 0.1) is 27.1 Å². The molecule has 5 heteroatoms. The summed E-state index contributed by atoms with van der Waals surface area (Å²) < 4.78 is 0. The molecule has 0 unspecified atom stereocenters. The molecular formula is C15H9ClN2OS. The van der Waals surface area contributed by atoms with Gasteiger partial charge in [0.2, 0.25) is 5.78 Å². The van der Waals surface area contributed by atoms with Crippen LogP contribution in [0.2, 0.25) is 5.02 Å². The number of ketones is 1. The summed E-state index contributed by atoms with van der Waals surface area (Å²) in [6.45, 7) is 1.87. The van der Waals surface area contributed by atoms with Crippen LogP contribution in [0, 0.1) is 18.3 Å². The van der Waals surface area contributed by atoms with E-state index in [4.69, 9.17) is 11.6 Å². The van der Waals surface area contributed by atoms with E-state index < -0.39 is 0 Å². The van der Waals surface area contributed by atoms with E-state index in [9.17, 15) is 10.1 Å². The number of aromatic nitrogens is 1. The molecule has 0 aliphatic rings. The lowest BCUT2D eigenvalue weighted by Gasteiger charge is -1.99. The van der Waals surface area contributed by atoms with Crippen LogP contribution >= 0.6 is 22.9 Å². The molecule has 0 saturated carbocycles. The second-order valence-corrected chi connectivity index (χ2v) is 5.69. The number of aryl methyl sites for hydroxylation is 1. The largest absolute Gasteiger partial charge is 0.360 e. The van der Waals surface area contributed by atoms with Gasteiger partial charge in [0.1, 0.15) is 0 Å². The minimum atomic E-state index is -0.151. The van der Waals surface area contributed by atoms with Crippen molar-refractivity contribution < 1.29 is 4.79 Å². The van der Waals surface area contributed by atoms with Gasteiger partial charge in [-0.25, -0.2) is 0 Å². The number of nitriles is 1. The molecule has 2 heterocycles. The van der Waals surface area contributed by atoms with Gasteiger partial charge in [-0.1, -0.05) is 17.7 Å². The number of halogens is 1. The van der Waals surface area contributed by atoms with Crippen LogP contribution in [0.25, 0.3) is 10.9 Å². The van der Waals surface area contributed by atoms with Crippen LogP contribution in [0.4, 0.5) is 0 Å². The van der Waals surface area contributed by atoms with E-state index in [0.29, 0.717) is 26.4 Å². The van der Waals surface area contributed by atoms with Crippen molar-refractivity contribution in [3.8, 4) is 6.07 Å². The molecule has 3 rings (SSSR count). The van der Waals surface area contributed by atoms with Gasteiger partial charge in [0.15, 0.2) is 0 Å². The van der Waals surface area contributed by atoms with E-state index >= 15 is 0 Å². The molecule has 3 nitrogen and oxygen atoms in total. The molecule has 0 amide bonds. The number of nitrogens with one attached hydrogen (secondary N) is 1. The Kier molecular flexibility index (Phi) is 3.09. The Morgan fingerprint density at radius 1 is 1.45 bits per heavy atom. The van der Waals surface area contributed by atoms with E-state index in [0.717, 1.165) is 11.1 Å². The van der Waals surface area contributed by atoms with Crippen molar-refractivity contribution in [1.29, 1.82) is 5.26 Å². The van der Waals surface area contributed by atoms with Crippen LogP contribution in [0.5, 0.6) is 0 Å². The predicted molar refractivity (Wildman–Crippen MR) is 80.5 cm³/mol. The fraction of sp³-hybridized carbons (Fsp3) is 0.0667. The van der Waals surface area contributed by atoms with E-state index in [1.165, 1.54) is 11.3 Å². The summed E-state index contributed by atoms with van der Waals surface area (Å²) in [4.78, 5) is 16.2. The molecule has 1 N–H and O–H groups in total. The van der Waals surface area contributed by atoms with Gasteiger partial charge >= 0.3 is 0 Å². The third-order valence-corrected chi connectivity index (χ3v) is 4.87. The molecule has 1 aromatic carbocycles. The summed E-state index contributed by atoms with van der Waals surface area (Å²) in [6, 6.07) is 7.45. The number of carbonyl (C=O) groups excluding carboxylic acids is 1. The Labute approximate surface area is 124 Å². The summed E-state index contributed by atoms with van der Waals surface area (Å²) in [6.07, 6.45) is 1.64. The molecule has 0 atom stereocenters. The minimum Gasteiger partial charge on any atom is -0.360 e. The minimum absolute atomic E-state index is 0.151. The van der Waals surface area contributed by atoms with Gasteiger partial charge in [-0.3, -0.25) is 4.79 Å². The highest BCUT2D eigenvalue weighted by atomic mass is 35.5. The second kappa shape index (κ2) is 4.78. The van der Waals surface area contributed by atoms with Crippen molar-refractivity contribution in [2.45, 2.75) is 6.92 Å². The van der Waals surface area contributed by atoms with Crippen LogP contribution in [0.15, 0.2) is 29.8 Å². The number of benzene rings is 1. The molecular weight excluding hydrogens is 292 g/mol. The fourth-order valence-corrected chi connectivity index (χ4v) is 3.40. The summed E-state index contributed by atoms with van der Waals surface area (Å²) in [7, 11) is 0. The number of aromatic amines is 1. The number of fused-ring (bicyclic) bond motifs is 1. The zero-order valence-corrected chi connectivity index (χ0v) is 12.1. The maximum atomic E-state index is 12.6. The van der Waals surface area contributed by atoms with Crippen LogP contribution < -0.4 is 0 Å². The second-order valence-electron chi connectivity index (χ2n) is 4.43. The summed E-state index contributed by atoms with van der Waals surface area (Å²) in [5.74, 6) is -0.151. The Hall–Kier alpha value is -2.09. The molecule has 0 aliphatic carbocycles. The van der Waals surface area contributed by atoms with Crippen molar-refractivity contribution in [3.63, 3.8) is 0 Å². The van der Waals surface area contributed by atoms with Gasteiger partial charge in [-0.2, -0.15) is 5.26 Å². The number of carbonyl (C=O) groups is 1. The van der Waals surface area contributed by atoms with Crippen molar-refractivity contribution in [1.82, 2.24) is 4.98 Å². The number of thiophene rings is 1. The smallest absolute Gasteiger partial charge is 0.206 e. The quantitative estimate of drug-likeness (QED) is 0.718. The molecule has 0 radical (unpaired) electrons. The van der Waals surface area contributed by atoms with Crippen molar-refractivity contribution in [3.05, 3.63) is 56.4 Å². The van der Waals surface area contributed by atoms with E-state index in [1.54, 1.807) is 18.3 Å². The van der Waals surface area contributed by atoms with Crippen molar-refractivity contribution in [2.75, 3.05) is 0 Å². The first-order valence-corrected chi connectivity index (χ1v) is 7.17. The van der Waals surface area contributed by atoms with Gasteiger partial charge in [-0.05, 0) is 30.0 Å². The molecule has 98 valence electrons. The first kappa shape index (κ1) is 12.9. The molecule has 20 heavy (non-hydrogen) atoms. The number of hydrogen-bond acceptors (Lipinski definition) is 3. The molecule has 2 aromatic heterocycles. The normalized spacial score (nSPS) is 10.7. The van der Waals surface area contributed by atoms with E-state index in [-0.39, 0.29) is 5.78 Å². The third-order valence-electron chi connectivity index (χ3n) is 3.18. The molecule has 0 saturated heterocycles. The van der Waals surface area contributed by atoms with Gasteiger partial charge in [0.25, 0.3) is 0 Å². The highest BCUT2D eigenvalue weighted by Crippen LogP contribution is 2.32. The van der Waals surface area contributed by atoms with Crippen molar-refractivity contribution >= 4 is 39.6 Å². The molecule has 0 fully saturated rings. The van der Waals surface area contributed by atoms with Crippen molar-refractivity contribution in [2.24, 2.45) is 0 Å². The zero-order chi connectivity index (χ0) is 14.3. The lowest BCUT2D eigenvalue weighted by Crippen LogP contribution is -1.99. The number of hydrogen-bond donors (Lipinski definition) is 1. The fourth-order valence-electron chi connectivity index (χ4n) is 2.16. The van der Waals surface area contributed by atoms with Gasteiger partial charge < -0.3 is 4.98 Å². The lowest BCUT2D eigenvalue weighted by molar-refractivity contribution is 0.104. The third kappa shape index (κ3) is 1.83. The van der Waals surface area contributed by atoms with E-state index in [1.807, 2.05) is 18.4 Å². The summed E-state index contributed by atoms with van der Waals surface area (Å²) in [5, 5.41) is 12.2. The maximum absolute atomic E-state index is 12.6. The highest BCUT2D eigenvalue weighted by Gasteiger charge is 2.21. The predicted octanol–water partition coefficient (Wildman–Crippen LogP) is 4.29. The number of rotatable bonds is 2. The monoisotopic (exact) mass is 300 g/mol. The molecule has 0 spiro atoms. The first-order valence-electron chi connectivity index (χ1n) is 5.92. The van der Waals surface area contributed by atoms with Crippen LogP contribution in [0.1, 0.15) is 26.4 Å². The highest BCUT2D eigenvalue weighted by molar-refractivity contribution is 7.13. The SMILES string of the molecule is Cc1csc(C(=O)c2c[nH]c3cccc(C#N)c23)c1Cl. The van der Waals surface area contributed by atoms with Crippen LogP contribution in [-0.2, 0) is 0 Å². The van der Waals surface area contributed by atoms with Crippen LogP contribution in [0.3, 0.4) is 0 Å². The number of H-pyrrole nitrogens is 1. The average molecular weight is 301 g/mol. The first-order chi connectivity index (χ1) is 9.63. The Morgan fingerprint density at radius 3 is 2.90 bits per heavy atom. The Bertz CT molecular complexity index is 870. The van der Waals surface area contributed by atoms with Crippen LogP contribution in [-0.4, -0.2) is 10.8 Å². The van der Waals surface area contributed by atoms with Gasteiger partial charge in [0, 0.05) is 17.1 Å².